The van der Waals surface area contributed by atoms with E-state index in [0.717, 1.165) is 15.8 Å². The first kappa shape index (κ1) is 17.4. The van der Waals surface area contributed by atoms with Crippen LogP contribution in [0.3, 0.4) is 0 Å². The molecule has 5 heteroatoms. The minimum absolute atomic E-state index is 0.0317. The van der Waals surface area contributed by atoms with Crippen LogP contribution < -0.4 is 0 Å². The van der Waals surface area contributed by atoms with Gasteiger partial charge < -0.3 is 9.15 Å². The third-order valence-electron chi connectivity index (χ3n) is 4.05. The van der Waals surface area contributed by atoms with Crippen LogP contribution in [-0.2, 0) is 16.1 Å². The van der Waals surface area contributed by atoms with E-state index < -0.39 is 0 Å². The van der Waals surface area contributed by atoms with Crippen molar-refractivity contribution in [1.29, 1.82) is 0 Å². The summed E-state index contributed by atoms with van der Waals surface area (Å²) in [5, 5.41) is 2.34. The molecule has 3 aromatic carbocycles. The molecule has 0 fully saturated rings. The van der Waals surface area contributed by atoms with Crippen LogP contribution in [0.4, 0.5) is 0 Å². The third kappa shape index (κ3) is 4.38. The lowest BCUT2D eigenvalue weighted by atomic mass is 10.1. The topological polar surface area (TPSA) is 52.3 Å². The molecule has 0 aliphatic carbocycles. The first-order valence-corrected chi connectivity index (χ1v) is 9.54. The van der Waals surface area contributed by atoms with Gasteiger partial charge in [0.25, 0.3) is 0 Å². The molecule has 0 radical (unpaired) electrons. The molecule has 4 aromatic rings. The van der Waals surface area contributed by atoms with E-state index in [9.17, 15) is 4.79 Å². The van der Waals surface area contributed by atoms with Gasteiger partial charge in [-0.05, 0) is 22.9 Å². The second-order valence-corrected chi connectivity index (χ2v) is 6.99. The number of hydrogen-bond acceptors (Lipinski definition) is 5. The summed E-state index contributed by atoms with van der Waals surface area (Å²) >= 11 is 1.46. The number of oxazole rings is 1. The number of thioether (sulfide) groups is 1. The van der Waals surface area contributed by atoms with Crippen LogP contribution in [0.2, 0.25) is 0 Å². The van der Waals surface area contributed by atoms with Gasteiger partial charge in [-0.3, -0.25) is 4.79 Å². The standard InChI is InChI=1S/C22H17NO3S/c24-22(15-27-19-11-10-16-6-4-5-9-18(16)12-19)25-14-21-23-13-20(26-21)17-7-2-1-3-8-17/h1-13H,14-15H2. The van der Waals surface area contributed by atoms with Gasteiger partial charge in [0.15, 0.2) is 12.4 Å². The van der Waals surface area contributed by atoms with Gasteiger partial charge in [0, 0.05) is 10.5 Å². The maximum absolute atomic E-state index is 12.0. The molecule has 0 spiro atoms. The van der Waals surface area contributed by atoms with Crippen LogP contribution in [0, 0.1) is 0 Å². The van der Waals surface area contributed by atoms with Crippen LogP contribution in [0.5, 0.6) is 0 Å². The van der Waals surface area contributed by atoms with Crippen LogP contribution in [0.1, 0.15) is 5.89 Å². The molecule has 1 heterocycles. The first-order chi connectivity index (χ1) is 13.3. The molecule has 0 amide bonds. The normalized spacial score (nSPS) is 10.8. The fourth-order valence-corrected chi connectivity index (χ4v) is 3.44. The molecule has 0 atom stereocenters. The van der Waals surface area contributed by atoms with Crippen molar-refractivity contribution in [1.82, 2.24) is 4.98 Å². The number of aromatic nitrogens is 1. The Morgan fingerprint density at radius 2 is 1.74 bits per heavy atom. The molecule has 0 aliphatic rings. The Balaban J connectivity index is 1.30. The lowest BCUT2D eigenvalue weighted by Gasteiger charge is -2.04. The highest BCUT2D eigenvalue weighted by molar-refractivity contribution is 8.00. The predicted molar refractivity (Wildman–Crippen MR) is 106 cm³/mol. The molecule has 27 heavy (non-hydrogen) atoms. The van der Waals surface area contributed by atoms with Crippen LogP contribution in [0.25, 0.3) is 22.1 Å². The summed E-state index contributed by atoms with van der Waals surface area (Å²) in [5.41, 5.74) is 0.939. The number of hydrogen-bond donors (Lipinski definition) is 0. The number of carbonyl (C=O) groups is 1. The number of benzene rings is 3. The van der Waals surface area contributed by atoms with Gasteiger partial charge in [0.2, 0.25) is 5.89 Å². The number of rotatable bonds is 6. The Bertz CT molecular complexity index is 1060. The Kier molecular flexibility index (Phi) is 5.21. The minimum Gasteiger partial charge on any atom is -0.455 e. The lowest BCUT2D eigenvalue weighted by Crippen LogP contribution is -2.07. The number of fused-ring (bicyclic) bond motifs is 1. The average Bonchev–Trinajstić information content (AvgIpc) is 3.20. The molecular formula is C22H17NO3S. The highest BCUT2D eigenvalue weighted by atomic mass is 32.2. The summed E-state index contributed by atoms with van der Waals surface area (Å²) in [5.74, 6) is 0.989. The third-order valence-corrected chi connectivity index (χ3v) is 5.01. The summed E-state index contributed by atoms with van der Waals surface area (Å²) < 4.78 is 10.9. The lowest BCUT2D eigenvalue weighted by molar-refractivity contribution is -0.142. The predicted octanol–water partition coefficient (Wildman–Crippen LogP) is 5.33. The summed E-state index contributed by atoms with van der Waals surface area (Å²) in [7, 11) is 0. The van der Waals surface area contributed by atoms with Crippen molar-refractivity contribution in [3.05, 3.63) is 84.9 Å². The summed E-state index contributed by atoms with van der Waals surface area (Å²) in [6, 6.07) is 24.0. The zero-order chi connectivity index (χ0) is 18.5. The van der Waals surface area contributed by atoms with Crippen molar-refractivity contribution in [2.45, 2.75) is 11.5 Å². The van der Waals surface area contributed by atoms with E-state index >= 15 is 0 Å². The molecule has 4 nitrogen and oxygen atoms in total. The summed E-state index contributed by atoms with van der Waals surface area (Å²) in [4.78, 5) is 17.2. The zero-order valence-corrected chi connectivity index (χ0v) is 15.3. The molecule has 134 valence electrons. The van der Waals surface area contributed by atoms with Crippen LogP contribution in [0.15, 0.2) is 88.3 Å². The van der Waals surface area contributed by atoms with Crippen molar-refractivity contribution in [3.63, 3.8) is 0 Å². The van der Waals surface area contributed by atoms with Gasteiger partial charge >= 0.3 is 5.97 Å². The summed E-state index contributed by atoms with van der Waals surface area (Å²) in [6.07, 6.45) is 1.64. The maximum Gasteiger partial charge on any atom is 0.316 e. The number of nitrogens with zero attached hydrogens (tertiary/aromatic N) is 1. The largest absolute Gasteiger partial charge is 0.455 e. The first-order valence-electron chi connectivity index (χ1n) is 8.55. The Morgan fingerprint density at radius 1 is 0.963 bits per heavy atom. The highest BCUT2D eigenvalue weighted by Crippen LogP contribution is 2.24. The number of carbonyl (C=O) groups excluding carboxylic acids is 1. The second-order valence-electron chi connectivity index (χ2n) is 5.94. The van der Waals surface area contributed by atoms with Crippen LogP contribution in [-0.4, -0.2) is 16.7 Å². The fourth-order valence-electron chi connectivity index (χ4n) is 2.70. The molecule has 0 saturated heterocycles. The molecule has 1 aromatic heterocycles. The molecule has 0 aliphatic heterocycles. The second kappa shape index (κ2) is 8.10. The van der Waals surface area contributed by atoms with E-state index in [1.54, 1.807) is 6.20 Å². The molecule has 0 unspecified atom stereocenters. The fraction of sp³-hybridized carbons (Fsp3) is 0.0909. The SMILES string of the molecule is O=C(CSc1ccc2ccccc2c1)OCc1ncc(-c2ccccc2)o1. The van der Waals surface area contributed by atoms with Gasteiger partial charge in [-0.25, -0.2) is 4.98 Å². The minimum atomic E-state index is -0.299. The van der Waals surface area contributed by atoms with Crippen LogP contribution >= 0.6 is 11.8 Å². The van der Waals surface area contributed by atoms with Crippen molar-refractivity contribution in [2.75, 3.05) is 5.75 Å². The molecule has 0 saturated carbocycles. The van der Waals surface area contributed by atoms with Gasteiger partial charge in [0.1, 0.15) is 0 Å². The van der Waals surface area contributed by atoms with Gasteiger partial charge in [-0.2, -0.15) is 0 Å². The molecular weight excluding hydrogens is 358 g/mol. The van der Waals surface area contributed by atoms with Crippen molar-refractivity contribution in [2.24, 2.45) is 0 Å². The molecule has 4 rings (SSSR count). The summed E-state index contributed by atoms with van der Waals surface area (Å²) in [6.45, 7) is 0.0317. The van der Waals surface area contributed by atoms with Gasteiger partial charge in [-0.1, -0.05) is 60.7 Å². The van der Waals surface area contributed by atoms with E-state index in [1.165, 1.54) is 17.1 Å². The Labute approximate surface area is 161 Å². The van der Waals surface area contributed by atoms with E-state index in [0.29, 0.717) is 11.7 Å². The average molecular weight is 375 g/mol. The zero-order valence-electron chi connectivity index (χ0n) is 14.5. The van der Waals surface area contributed by atoms with E-state index in [4.69, 9.17) is 9.15 Å². The maximum atomic E-state index is 12.0. The quantitative estimate of drug-likeness (QED) is 0.337. The highest BCUT2D eigenvalue weighted by Gasteiger charge is 2.10. The number of esters is 1. The van der Waals surface area contributed by atoms with E-state index in [2.05, 4.69) is 29.2 Å². The van der Waals surface area contributed by atoms with Crippen molar-refractivity contribution in [3.8, 4) is 11.3 Å². The van der Waals surface area contributed by atoms with Crippen molar-refractivity contribution < 1.29 is 13.9 Å². The Morgan fingerprint density at radius 3 is 2.59 bits per heavy atom. The molecule has 0 N–H and O–H groups in total. The molecule has 0 bridgehead atoms. The monoisotopic (exact) mass is 375 g/mol. The van der Waals surface area contributed by atoms with Gasteiger partial charge in [0.05, 0.1) is 11.9 Å². The van der Waals surface area contributed by atoms with Gasteiger partial charge in [-0.15, -0.1) is 11.8 Å². The number of ether oxygens (including phenoxy) is 1. The van der Waals surface area contributed by atoms with E-state index in [-0.39, 0.29) is 18.3 Å². The Hall–Kier alpha value is -3.05. The van der Waals surface area contributed by atoms with Crippen molar-refractivity contribution >= 4 is 28.5 Å². The smallest absolute Gasteiger partial charge is 0.316 e. The van der Waals surface area contributed by atoms with E-state index in [1.807, 2.05) is 48.5 Å².